The van der Waals surface area contributed by atoms with Crippen molar-refractivity contribution >= 4 is 11.9 Å². The number of carbonyl (C=O) groups is 2. The number of ether oxygens (including phenoxy) is 1. The van der Waals surface area contributed by atoms with Crippen LogP contribution in [0.2, 0.25) is 0 Å². The Morgan fingerprint density at radius 2 is 2.09 bits per heavy atom. The molecule has 5 nitrogen and oxygen atoms in total. The smallest absolute Gasteiger partial charge is 0.308 e. The van der Waals surface area contributed by atoms with Crippen LogP contribution in [0.4, 0.5) is 0 Å². The van der Waals surface area contributed by atoms with Crippen LogP contribution in [0.1, 0.15) is 44.6 Å². The first-order valence-corrected chi connectivity index (χ1v) is 8.12. The van der Waals surface area contributed by atoms with Gasteiger partial charge in [-0.2, -0.15) is 0 Å². The summed E-state index contributed by atoms with van der Waals surface area (Å²) in [6.45, 7) is 1.85. The molecule has 1 aromatic carbocycles. The van der Waals surface area contributed by atoms with E-state index in [9.17, 15) is 14.7 Å². The number of carbonyl (C=O) groups excluding carboxylic acids is 1. The van der Waals surface area contributed by atoms with Crippen LogP contribution in [-0.4, -0.2) is 29.6 Å². The quantitative estimate of drug-likeness (QED) is 0.845. The number of para-hydroxylation sites is 1. The van der Waals surface area contributed by atoms with Crippen molar-refractivity contribution in [3.8, 4) is 5.75 Å². The Morgan fingerprint density at radius 1 is 1.35 bits per heavy atom. The average Bonchev–Trinajstić information content (AvgIpc) is 2.52. The van der Waals surface area contributed by atoms with Crippen LogP contribution < -0.4 is 10.1 Å². The van der Waals surface area contributed by atoms with Gasteiger partial charge in [0.05, 0.1) is 18.6 Å². The summed E-state index contributed by atoms with van der Waals surface area (Å²) in [7, 11) is 1.61. The predicted molar refractivity (Wildman–Crippen MR) is 87.5 cm³/mol. The van der Waals surface area contributed by atoms with E-state index in [1.165, 1.54) is 0 Å². The monoisotopic (exact) mass is 319 g/mol. The van der Waals surface area contributed by atoms with E-state index < -0.39 is 17.4 Å². The van der Waals surface area contributed by atoms with Crippen LogP contribution in [0, 0.1) is 5.92 Å². The van der Waals surface area contributed by atoms with Crippen molar-refractivity contribution in [1.29, 1.82) is 0 Å². The van der Waals surface area contributed by atoms with Gasteiger partial charge in [-0.25, -0.2) is 0 Å². The van der Waals surface area contributed by atoms with Gasteiger partial charge in [-0.15, -0.1) is 0 Å². The second-order valence-electron chi connectivity index (χ2n) is 6.41. The van der Waals surface area contributed by atoms with Crippen LogP contribution in [0.25, 0.3) is 0 Å². The highest BCUT2D eigenvalue weighted by atomic mass is 16.5. The van der Waals surface area contributed by atoms with E-state index in [1.54, 1.807) is 7.11 Å². The molecule has 2 unspecified atom stereocenters. The van der Waals surface area contributed by atoms with Crippen molar-refractivity contribution in [2.24, 2.45) is 5.92 Å². The summed E-state index contributed by atoms with van der Waals surface area (Å²) >= 11 is 0. The van der Waals surface area contributed by atoms with E-state index in [2.05, 4.69) is 5.32 Å². The maximum atomic E-state index is 12.3. The van der Waals surface area contributed by atoms with Gasteiger partial charge < -0.3 is 15.2 Å². The number of amides is 1. The Hall–Kier alpha value is -2.04. The third kappa shape index (κ3) is 4.24. The highest BCUT2D eigenvalue weighted by Gasteiger charge is 2.41. The summed E-state index contributed by atoms with van der Waals surface area (Å²) in [4.78, 5) is 23.8. The molecule has 0 spiro atoms. The first kappa shape index (κ1) is 17.3. The van der Waals surface area contributed by atoms with E-state index in [1.807, 2.05) is 31.2 Å². The number of hydrogen-bond acceptors (Lipinski definition) is 3. The fourth-order valence-electron chi connectivity index (χ4n) is 3.42. The fraction of sp³-hybridized carbons (Fsp3) is 0.556. The summed E-state index contributed by atoms with van der Waals surface area (Å²) in [5, 5.41) is 12.4. The van der Waals surface area contributed by atoms with Crippen molar-refractivity contribution in [3.05, 3.63) is 29.8 Å². The van der Waals surface area contributed by atoms with Crippen molar-refractivity contribution < 1.29 is 19.4 Å². The lowest BCUT2D eigenvalue weighted by molar-refractivity contribution is -0.146. The van der Waals surface area contributed by atoms with Crippen LogP contribution in [0.3, 0.4) is 0 Å². The topological polar surface area (TPSA) is 75.6 Å². The highest BCUT2D eigenvalue weighted by Crippen LogP contribution is 2.34. The third-order valence-corrected chi connectivity index (χ3v) is 4.75. The molecule has 0 saturated heterocycles. The van der Waals surface area contributed by atoms with Gasteiger partial charge in [0.15, 0.2) is 0 Å². The molecule has 0 aromatic heterocycles. The molecule has 0 heterocycles. The molecule has 1 amide bonds. The van der Waals surface area contributed by atoms with Crippen molar-refractivity contribution in [3.63, 3.8) is 0 Å². The van der Waals surface area contributed by atoms with E-state index >= 15 is 0 Å². The minimum atomic E-state index is -0.822. The van der Waals surface area contributed by atoms with Gasteiger partial charge in [-0.3, -0.25) is 9.59 Å². The molecule has 2 rings (SSSR count). The summed E-state index contributed by atoms with van der Waals surface area (Å²) in [5.41, 5.74) is 0.329. The Labute approximate surface area is 137 Å². The number of aliphatic carboxylic acids is 1. The second kappa shape index (κ2) is 7.49. The number of benzene rings is 1. The van der Waals surface area contributed by atoms with Gasteiger partial charge in [0.1, 0.15) is 5.75 Å². The molecular formula is C18H25NO4. The molecule has 126 valence electrons. The Kier molecular flexibility index (Phi) is 5.64. The van der Waals surface area contributed by atoms with Crippen LogP contribution in [-0.2, 0) is 16.0 Å². The third-order valence-electron chi connectivity index (χ3n) is 4.75. The number of hydrogen-bond donors (Lipinski definition) is 2. The van der Waals surface area contributed by atoms with Crippen molar-refractivity contribution in [2.45, 2.75) is 51.0 Å². The number of carboxylic acids is 1. The van der Waals surface area contributed by atoms with E-state index in [4.69, 9.17) is 4.74 Å². The molecule has 0 bridgehead atoms. The zero-order valence-corrected chi connectivity index (χ0v) is 13.8. The first-order valence-electron chi connectivity index (χ1n) is 8.12. The molecule has 23 heavy (non-hydrogen) atoms. The van der Waals surface area contributed by atoms with Crippen LogP contribution in [0.15, 0.2) is 24.3 Å². The van der Waals surface area contributed by atoms with Gasteiger partial charge in [-0.1, -0.05) is 31.0 Å². The van der Waals surface area contributed by atoms with Gasteiger partial charge in [0.25, 0.3) is 0 Å². The van der Waals surface area contributed by atoms with Gasteiger partial charge >= 0.3 is 5.97 Å². The minimum absolute atomic E-state index is 0.105. The standard InChI is InChI=1S/C18H25NO4/c1-18(12-6-5-8-14(18)17(21)22)19-16(20)11-10-13-7-3-4-9-15(13)23-2/h3-4,7,9,14H,5-6,8,10-12H2,1-2H3,(H,19,20)(H,21,22). The molecule has 5 heteroatoms. The Balaban J connectivity index is 1.97. The van der Waals surface area contributed by atoms with Crippen molar-refractivity contribution in [2.75, 3.05) is 7.11 Å². The Bertz CT molecular complexity index is 572. The lowest BCUT2D eigenvalue weighted by atomic mass is 9.74. The minimum Gasteiger partial charge on any atom is -0.496 e. The fourth-order valence-corrected chi connectivity index (χ4v) is 3.42. The lowest BCUT2D eigenvalue weighted by Crippen LogP contribution is -2.55. The van der Waals surface area contributed by atoms with E-state index in [-0.39, 0.29) is 5.91 Å². The molecule has 2 N–H and O–H groups in total. The van der Waals surface area contributed by atoms with E-state index in [0.29, 0.717) is 25.7 Å². The average molecular weight is 319 g/mol. The molecule has 1 fully saturated rings. The molecule has 0 radical (unpaired) electrons. The molecule has 1 saturated carbocycles. The zero-order valence-electron chi connectivity index (χ0n) is 13.8. The van der Waals surface area contributed by atoms with Gasteiger partial charge in [0.2, 0.25) is 5.91 Å². The zero-order chi connectivity index (χ0) is 16.9. The van der Waals surface area contributed by atoms with E-state index in [0.717, 1.165) is 24.2 Å². The number of aryl methyl sites for hydroxylation is 1. The molecular weight excluding hydrogens is 294 g/mol. The van der Waals surface area contributed by atoms with Crippen LogP contribution >= 0.6 is 0 Å². The highest BCUT2D eigenvalue weighted by molar-refractivity contribution is 5.79. The van der Waals surface area contributed by atoms with Crippen LogP contribution in [0.5, 0.6) is 5.75 Å². The summed E-state index contributed by atoms with van der Waals surface area (Å²) < 4.78 is 5.29. The van der Waals surface area contributed by atoms with Gasteiger partial charge in [0, 0.05) is 6.42 Å². The molecule has 1 aliphatic rings. The number of carboxylic acid groups (broad SMARTS) is 1. The summed E-state index contributed by atoms with van der Waals surface area (Å²) in [6.07, 6.45) is 4.09. The first-order chi connectivity index (χ1) is 11.0. The molecule has 0 aliphatic heterocycles. The summed E-state index contributed by atoms with van der Waals surface area (Å²) in [6, 6.07) is 7.62. The number of nitrogens with one attached hydrogen (secondary N) is 1. The second-order valence-corrected chi connectivity index (χ2v) is 6.41. The lowest BCUT2D eigenvalue weighted by Gasteiger charge is -2.39. The van der Waals surface area contributed by atoms with Crippen molar-refractivity contribution in [1.82, 2.24) is 5.32 Å². The largest absolute Gasteiger partial charge is 0.496 e. The maximum Gasteiger partial charge on any atom is 0.308 e. The van der Waals surface area contributed by atoms with Gasteiger partial charge in [-0.05, 0) is 37.8 Å². The maximum absolute atomic E-state index is 12.3. The molecule has 1 aliphatic carbocycles. The summed E-state index contributed by atoms with van der Waals surface area (Å²) in [5.74, 6) is -0.664. The molecule has 1 aromatic rings. The SMILES string of the molecule is COc1ccccc1CCC(=O)NC1(C)CCCCC1C(=O)O. The predicted octanol–water partition coefficient (Wildman–Crippen LogP) is 2.78. The number of methoxy groups -OCH3 is 1. The normalized spacial score (nSPS) is 24.0. The number of rotatable bonds is 6. The Morgan fingerprint density at radius 3 is 2.78 bits per heavy atom. The molecule has 2 atom stereocenters.